The molecule has 1 N–H and O–H groups in total. The van der Waals surface area contributed by atoms with Crippen molar-refractivity contribution in [3.8, 4) is 5.69 Å². The number of nitrogens with one attached hydrogen (secondary N) is 1. The summed E-state index contributed by atoms with van der Waals surface area (Å²) in [5.41, 5.74) is 1.79. The highest BCUT2D eigenvalue weighted by Gasteiger charge is 2.19. The van der Waals surface area contributed by atoms with Gasteiger partial charge in [-0.3, -0.25) is 9.67 Å². The number of aryl methyl sites for hydroxylation is 1. The Bertz CT molecular complexity index is 851. The molecule has 0 fully saturated rings. The van der Waals surface area contributed by atoms with Gasteiger partial charge in [0.1, 0.15) is 0 Å². The lowest BCUT2D eigenvalue weighted by atomic mass is 10.0. The molecule has 0 radical (unpaired) electrons. The van der Waals surface area contributed by atoms with Crippen LogP contribution in [-0.4, -0.2) is 14.8 Å². The Labute approximate surface area is 125 Å². The first-order valence-corrected chi connectivity index (χ1v) is 7.00. The second-order valence-electron chi connectivity index (χ2n) is 4.67. The first-order chi connectivity index (χ1) is 10.1. The standard InChI is InChI=1S/C15H13F2N3S/c1-2-9-7-8-12(11-6-4-3-5-10(9)11)20-14(13(16)17)18-19-15(20)21/h3-8,13H,2H2,1H3,(H,19,21). The molecule has 1 aromatic heterocycles. The fraction of sp³-hybridized carbons (Fsp3) is 0.200. The predicted octanol–water partition coefficient (Wildman–Crippen LogP) is 4.58. The summed E-state index contributed by atoms with van der Waals surface area (Å²) in [6, 6.07) is 11.5. The fourth-order valence-electron chi connectivity index (χ4n) is 2.54. The molecule has 0 saturated carbocycles. The normalized spacial score (nSPS) is 11.4. The molecule has 3 aromatic rings. The van der Waals surface area contributed by atoms with Gasteiger partial charge in [0.05, 0.1) is 5.69 Å². The van der Waals surface area contributed by atoms with E-state index in [2.05, 4.69) is 17.1 Å². The minimum absolute atomic E-state index is 0.166. The molecule has 1 heterocycles. The monoisotopic (exact) mass is 305 g/mol. The van der Waals surface area contributed by atoms with Crippen LogP contribution in [0, 0.1) is 4.77 Å². The second kappa shape index (κ2) is 5.37. The van der Waals surface area contributed by atoms with Gasteiger partial charge in [-0.1, -0.05) is 37.3 Å². The van der Waals surface area contributed by atoms with Crippen LogP contribution in [0.4, 0.5) is 8.78 Å². The molecule has 108 valence electrons. The van der Waals surface area contributed by atoms with Crippen molar-refractivity contribution in [2.24, 2.45) is 0 Å². The van der Waals surface area contributed by atoms with Gasteiger partial charge >= 0.3 is 0 Å². The number of nitrogens with zero attached hydrogens (tertiary/aromatic N) is 2. The summed E-state index contributed by atoms with van der Waals surface area (Å²) in [5.74, 6) is -0.366. The first-order valence-electron chi connectivity index (χ1n) is 6.60. The van der Waals surface area contributed by atoms with Crippen molar-refractivity contribution in [3.63, 3.8) is 0 Å². The van der Waals surface area contributed by atoms with Crippen LogP contribution in [0.5, 0.6) is 0 Å². The number of hydrogen-bond acceptors (Lipinski definition) is 2. The summed E-state index contributed by atoms with van der Waals surface area (Å²) < 4.78 is 27.7. The Morgan fingerprint density at radius 2 is 1.90 bits per heavy atom. The maximum atomic E-state index is 13.1. The van der Waals surface area contributed by atoms with Crippen LogP contribution < -0.4 is 0 Å². The molecule has 0 atom stereocenters. The van der Waals surface area contributed by atoms with Gasteiger partial charge in [0.25, 0.3) is 6.43 Å². The zero-order valence-electron chi connectivity index (χ0n) is 11.3. The van der Waals surface area contributed by atoms with Crippen molar-refractivity contribution in [1.82, 2.24) is 14.8 Å². The zero-order chi connectivity index (χ0) is 15.0. The van der Waals surface area contributed by atoms with Gasteiger partial charge in [0.15, 0.2) is 4.77 Å². The highest BCUT2D eigenvalue weighted by molar-refractivity contribution is 7.71. The highest BCUT2D eigenvalue weighted by atomic mass is 32.1. The number of halogens is 2. The Kier molecular flexibility index (Phi) is 3.55. The van der Waals surface area contributed by atoms with E-state index in [1.807, 2.05) is 36.4 Å². The summed E-state index contributed by atoms with van der Waals surface area (Å²) in [6.45, 7) is 2.07. The van der Waals surface area contributed by atoms with Crippen molar-refractivity contribution in [1.29, 1.82) is 0 Å². The predicted molar refractivity (Wildman–Crippen MR) is 80.6 cm³/mol. The van der Waals surface area contributed by atoms with Crippen LogP contribution in [0.1, 0.15) is 24.7 Å². The third-order valence-electron chi connectivity index (χ3n) is 3.51. The molecule has 3 nitrogen and oxygen atoms in total. The van der Waals surface area contributed by atoms with Crippen molar-refractivity contribution in [2.45, 2.75) is 19.8 Å². The van der Waals surface area contributed by atoms with Crippen LogP contribution in [0.15, 0.2) is 36.4 Å². The third kappa shape index (κ3) is 2.25. The average molecular weight is 305 g/mol. The molecular weight excluding hydrogens is 292 g/mol. The van der Waals surface area contributed by atoms with Crippen LogP contribution in [0.25, 0.3) is 16.5 Å². The number of aromatic amines is 1. The molecule has 0 aliphatic heterocycles. The van der Waals surface area contributed by atoms with E-state index in [4.69, 9.17) is 12.2 Å². The Morgan fingerprint density at radius 3 is 2.57 bits per heavy atom. The van der Waals surface area contributed by atoms with E-state index in [1.165, 1.54) is 10.1 Å². The molecule has 0 spiro atoms. The maximum Gasteiger partial charge on any atom is 0.297 e. The summed E-state index contributed by atoms with van der Waals surface area (Å²) >= 11 is 5.11. The lowest BCUT2D eigenvalue weighted by Crippen LogP contribution is -2.03. The minimum atomic E-state index is -2.69. The van der Waals surface area contributed by atoms with Crippen LogP contribution in [0.3, 0.4) is 0 Å². The van der Waals surface area contributed by atoms with E-state index in [-0.39, 0.29) is 10.6 Å². The second-order valence-corrected chi connectivity index (χ2v) is 5.05. The van der Waals surface area contributed by atoms with Gasteiger partial charge in [-0.05, 0) is 35.7 Å². The van der Waals surface area contributed by atoms with E-state index in [1.54, 1.807) is 0 Å². The maximum absolute atomic E-state index is 13.1. The molecule has 0 aliphatic rings. The van der Waals surface area contributed by atoms with Gasteiger partial charge in [0, 0.05) is 5.39 Å². The van der Waals surface area contributed by atoms with Crippen molar-refractivity contribution < 1.29 is 8.78 Å². The topological polar surface area (TPSA) is 33.6 Å². The number of hydrogen-bond donors (Lipinski definition) is 1. The SMILES string of the molecule is CCc1ccc(-n2c(C(F)F)n[nH]c2=S)c2ccccc12. The summed E-state index contributed by atoms with van der Waals surface area (Å²) in [6.07, 6.45) is -1.82. The lowest BCUT2D eigenvalue weighted by Gasteiger charge is -2.12. The van der Waals surface area contributed by atoms with Gasteiger partial charge in [-0.25, -0.2) is 8.78 Å². The quantitative estimate of drug-likeness (QED) is 0.718. The lowest BCUT2D eigenvalue weighted by molar-refractivity contribution is 0.138. The van der Waals surface area contributed by atoms with Crippen molar-refractivity contribution >= 4 is 23.0 Å². The summed E-state index contributed by atoms with van der Waals surface area (Å²) in [5, 5.41) is 8.01. The van der Waals surface area contributed by atoms with E-state index in [0.717, 1.165) is 17.2 Å². The average Bonchev–Trinajstić information content (AvgIpc) is 2.88. The first kappa shape index (κ1) is 13.9. The zero-order valence-corrected chi connectivity index (χ0v) is 12.1. The molecule has 0 aliphatic carbocycles. The molecular formula is C15H13F2N3S. The van der Waals surface area contributed by atoms with Crippen LogP contribution in [0.2, 0.25) is 0 Å². The van der Waals surface area contributed by atoms with Crippen LogP contribution >= 0.6 is 12.2 Å². The number of rotatable bonds is 3. The van der Waals surface area contributed by atoms with Gasteiger partial charge < -0.3 is 0 Å². The molecule has 21 heavy (non-hydrogen) atoms. The number of benzene rings is 2. The molecule has 2 aromatic carbocycles. The van der Waals surface area contributed by atoms with Gasteiger partial charge in [-0.2, -0.15) is 5.10 Å². The molecule has 0 unspecified atom stereocenters. The Balaban J connectivity index is 2.37. The number of fused-ring (bicyclic) bond motifs is 1. The molecule has 6 heteroatoms. The fourth-order valence-corrected chi connectivity index (χ4v) is 2.77. The van der Waals surface area contributed by atoms with Crippen LogP contribution in [-0.2, 0) is 6.42 Å². The Morgan fingerprint density at radius 1 is 1.19 bits per heavy atom. The van der Waals surface area contributed by atoms with E-state index in [0.29, 0.717) is 5.69 Å². The molecule has 0 amide bonds. The molecule has 0 bridgehead atoms. The smallest absolute Gasteiger partial charge is 0.267 e. The number of alkyl halides is 2. The highest BCUT2D eigenvalue weighted by Crippen LogP contribution is 2.29. The van der Waals surface area contributed by atoms with Crippen molar-refractivity contribution in [3.05, 3.63) is 52.6 Å². The van der Waals surface area contributed by atoms with E-state index in [9.17, 15) is 8.78 Å². The summed E-state index contributed by atoms with van der Waals surface area (Å²) in [4.78, 5) is 0. The molecule has 0 saturated heterocycles. The molecule has 3 rings (SSSR count). The van der Waals surface area contributed by atoms with E-state index < -0.39 is 6.43 Å². The van der Waals surface area contributed by atoms with Gasteiger partial charge in [0.2, 0.25) is 5.82 Å². The van der Waals surface area contributed by atoms with E-state index >= 15 is 0 Å². The minimum Gasteiger partial charge on any atom is -0.267 e. The van der Waals surface area contributed by atoms with Crippen molar-refractivity contribution in [2.75, 3.05) is 0 Å². The number of aromatic nitrogens is 3. The third-order valence-corrected chi connectivity index (χ3v) is 3.78. The summed E-state index contributed by atoms with van der Waals surface area (Å²) in [7, 11) is 0. The van der Waals surface area contributed by atoms with Gasteiger partial charge in [-0.15, -0.1) is 0 Å². The largest absolute Gasteiger partial charge is 0.297 e. The number of H-pyrrole nitrogens is 1. The Hall–Kier alpha value is -2.08.